The van der Waals surface area contributed by atoms with Crippen molar-refractivity contribution >= 4 is 11.8 Å². The van der Waals surface area contributed by atoms with Crippen molar-refractivity contribution in [3.05, 3.63) is 24.2 Å². The maximum atomic E-state index is 5.75. The molecule has 0 amide bonds. The van der Waals surface area contributed by atoms with Gasteiger partial charge in [-0.3, -0.25) is 0 Å². The summed E-state index contributed by atoms with van der Waals surface area (Å²) in [6.45, 7) is 0.616. The van der Waals surface area contributed by atoms with Crippen LogP contribution < -0.4 is 5.73 Å². The molecule has 1 aromatic heterocycles. The minimum Gasteiger partial charge on any atom is -0.468 e. The lowest BCUT2D eigenvalue weighted by atomic mass is 10.4. The highest BCUT2D eigenvalue weighted by molar-refractivity contribution is 7.98. The van der Waals surface area contributed by atoms with E-state index in [9.17, 15) is 0 Å². The Balaban J connectivity index is 2.07. The van der Waals surface area contributed by atoms with Gasteiger partial charge in [0.1, 0.15) is 5.76 Å². The third kappa shape index (κ3) is 4.36. The van der Waals surface area contributed by atoms with Crippen LogP contribution in [0.5, 0.6) is 0 Å². The average molecular weight is 201 g/mol. The first kappa shape index (κ1) is 10.6. The number of hydrogen-bond acceptors (Lipinski definition) is 4. The summed E-state index contributed by atoms with van der Waals surface area (Å²) < 4.78 is 10.1. The van der Waals surface area contributed by atoms with Gasteiger partial charge in [-0.15, -0.1) is 0 Å². The monoisotopic (exact) mass is 201 g/mol. The minimum absolute atomic E-state index is 0.116. The molecule has 0 aliphatic heterocycles. The molecule has 0 radical (unpaired) electrons. The Kier molecular flexibility index (Phi) is 4.97. The quantitative estimate of drug-likeness (QED) is 0.757. The third-order valence-corrected chi connectivity index (χ3v) is 2.69. The zero-order valence-electron chi connectivity index (χ0n) is 7.73. The van der Waals surface area contributed by atoms with Crippen molar-refractivity contribution in [1.29, 1.82) is 0 Å². The summed E-state index contributed by atoms with van der Waals surface area (Å²) in [5, 5.41) is 0. The van der Waals surface area contributed by atoms with Gasteiger partial charge in [0.25, 0.3) is 0 Å². The van der Waals surface area contributed by atoms with E-state index in [2.05, 4.69) is 0 Å². The fraction of sp³-hybridized carbons (Fsp3) is 0.556. The number of hydrogen-bond donors (Lipinski definition) is 1. The Labute approximate surface area is 82.6 Å². The van der Waals surface area contributed by atoms with Gasteiger partial charge in [-0.1, -0.05) is 0 Å². The highest BCUT2D eigenvalue weighted by Crippen LogP contribution is 2.12. The molecule has 1 rings (SSSR count). The lowest BCUT2D eigenvalue weighted by molar-refractivity contribution is 0.186. The van der Waals surface area contributed by atoms with Crippen LogP contribution in [0, 0.1) is 0 Å². The Morgan fingerprint density at radius 3 is 3.15 bits per heavy atom. The van der Waals surface area contributed by atoms with Gasteiger partial charge in [0, 0.05) is 18.9 Å². The van der Waals surface area contributed by atoms with Crippen molar-refractivity contribution in [2.75, 3.05) is 19.5 Å². The SMILES string of the molecule is COCC(N)CSCc1ccco1. The Hall–Kier alpha value is -0.450. The molecule has 0 aliphatic carbocycles. The molecule has 0 aromatic carbocycles. The van der Waals surface area contributed by atoms with Crippen molar-refractivity contribution < 1.29 is 9.15 Å². The van der Waals surface area contributed by atoms with E-state index in [0.717, 1.165) is 17.3 Å². The molecule has 0 fully saturated rings. The molecule has 3 nitrogen and oxygen atoms in total. The van der Waals surface area contributed by atoms with Crippen LogP contribution >= 0.6 is 11.8 Å². The molecular weight excluding hydrogens is 186 g/mol. The van der Waals surface area contributed by atoms with E-state index in [1.165, 1.54) is 0 Å². The lowest BCUT2D eigenvalue weighted by Gasteiger charge is -2.08. The van der Waals surface area contributed by atoms with Crippen molar-refractivity contribution in [2.24, 2.45) is 5.73 Å². The van der Waals surface area contributed by atoms with E-state index < -0.39 is 0 Å². The van der Waals surface area contributed by atoms with Crippen LogP contribution in [-0.2, 0) is 10.5 Å². The second-order valence-electron chi connectivity index (χ2n) is 2.81. The van der Waals surface area contributed by atoms with Gasteiger partial charge in [0.2, 0.25) is 0 Å². The van der Waals surface area contributed by atoms with Gasteiger partial charge >= 0.3 is 0 Å². The number of furan rings is 1. The van der Waals surface area contributed by atoms with Crippen LogP contribution in [0.15, 0.2) is 22.8 Å². The average Bonchev–Trinajstić information content (AvgIpc) is 2.57. The first-order valence-electron chi connectivity index (χ1n) is 4.17. The van der Waals surface area contributed by atoms with E-state index in [-0.39, 0.29) is 6.04 Å². The van der Waals surface area contributed by atoms with Gasteiger partial charge in [-0.25, -0.2) is 0 Å². The Morgan fingerprint density at radius 2 is 2.54 bits per heavy atom. The van der Waals surface area contributed by atoms with Crippen LogP contribution in [0.2, 0.25) is 0 Å². The summed E-state index contributed by atoms with van der Waals surface area (Å²) >= 11 is 1.76. The molecule has 74 valence electrons. The minimum atomic E-state index is 0.116. The van der Waals surface area contributed by atoms with Crippen LogP contribution in [0.25, 0.3) is 0 Å². The molecule has 1 heterocycles. The molecular formula is C9H15NO2S. The maximum Gasteiger partial charge on any atom is 0.113 e. The van der Waals surface area contributed by atoms with Gasteiger partial charge in [0.15, 0.2) is 0 Å². The summed E-state index contributed by atoms with van der Waals surface area (Å²) in [5.74, 6) is 2.77. The highest BCUT2D eigenvalue weighted by Gasteiger charge is 2.02. The molecule has 1 aromatic rings. The molecule has 13 heavy (non-hydrogen) atoms. The number of thioether (sulfide) groups is 1. The topological polar surface area (TPSA) is 48.4 Å². The van der Waals surface area contributed by atoms with E-state index in [0.29, 0.717) is 6.61 Å². The fourth-order valence-electron chi connectivity index (χ4n) is 0.968. The molecule has 0 aliphatic rings. The van der Waals surface area contributed by atoms with Crippen LogP contribution in [-0.4, -0.2) is 25.5 Å². The smallest absolute Gasteiger partial charge is 0.113 e. The largest absolute Gasteiger partial charge is 0.468 e. The number of rotatable bonds is 6. The molecule has 2 N–H and O–H groups in total. The predicted molar refractivity (Wildman–Crippen MR) is 54.7 cm³/mol. The van der Waals surface area contributed by atoms with E-state index in [4.69, 9.17) is 14.9 Å². The summed E-state index contributed by atoms with van der Waals surface area (Å²) in [6, 6.07) is 3.98. The molecule has 4 heteroatoms. The van der Waals surface area contributed by atoms with Crippen molar-refractivity contribution in [1.82, 2.24) is 0 Å². The summed E-state index contributed by atoms with van der Waals surface area (Å²) in [6.07, 6.45) is 1.69. The van der Waals surface area contributed by atoms with Crippen LogP contribution in [0.1, 0.15) is 5.76 Å². The number of methoxy groups -OCH3 is 1. The molecule has 0 saturated heterocycles. The lowest BCUT2D eigenvalue weighted by Crippen LogP contribution is -2.28. The molecule has 1 atom stereocenters. The maximum absolute atomic E-state index is 5.75. The standard InChI is InChI=1S/C9H15NO2S/c1-11-5-8(10)6-13-7-9-3-2-4-12-9/h2-4,8H,5-7,10H2,1H3. The van der Waals surface area contributed by atoms with E-state index in [1.807, 2.05) is 12.1 Å². The predicted octanol–water partition coefficient (Wildman–Crippen LogP) is 1.49. The molecule has 0 spiro atoms. The fourth-order valence-corrected chi connectivity index (χ4v) is 1.85. The molecule has 0 bridgehead atoms. The Bertz CT molecular complexity index is 213. The second kappa shape index (κ2) is 6.07. The summed E-state index contributed by atoms with van der Waals surface area (Å²) in [7, 11) is 1.66. The zero-order chi connectivity index (χ0) is 9.52. The van der Waals surface area contributed by atoms with E-state index >= 15 is 0 Å². The van der Waals surface area contributed by atoms with Crippen molar-refractivity contribution in [3.63, 3.8) is 0 Å². The number of ether oxygens (including phenoxy) is 1. The first-order valence-corrected chi connectivity index (χ1v) is 5.33. The zero-order valence-corrected chi connectivity index (χ0v) is 8.55. The summed E-state index contributed by atoms with van der Waals surface area (Å²) in [4.78, 5) is 0. The Morgan fingerprint density at radius 1 is 1.69 bits per heavy atom. The van der Waals surface area contributed by atoms with Crippen molar-refractivity contribution in [3.8, 4) is 0 Å². The molecule has 1 unspecified atom stereocenters. The normalized spacial score (nSPS) is 13.1. The van der Waals surface area contributed by atoms with Crippen LogP contribution in [0.4, 0.5) is 0 Å². The third-order valence-electron chi connectivity index (χ3n) is 1.54. The second-order valence-corrected chi connectivity index (χ2v) is 3.84. The van der Waals surface area contributed by atoms with E-state index in [1.54, 1.807) is 25.1 Å². The summed E-state index contributed by atoms with van der Waals surface area (Å²) in [5.41, 5.74) is 5.75. The van der Waals surface area contributed by atoms with Gasteiger partial charge in [-0.2, -0.15) is 11.8 Å². The first-order chi connectivity index (χ1) is 6.33. The highest BCUT2D eigenvalue weighted by atomic mass is 32.2. The van der Waals surface area contributed by atoms with Gasteiger partial charge < -0.3 is 14.9 Å². The van der Waals surface area contributed by atoms with Gasteiger partial charge in [-0.05, 0) is 12.1 Å². The van der Waals surface area contributed by atoms with Gasteiger partial charge in [0.05, 0.1) is 18.6 Å². The van der Waals surface area contributed by atoms with Crippen molar-refractivity contribution in [2.45, 2.75) is 11.8 Å². The molecule has 0 saturated carbocycles. The van der Waals surface area contributed by atoms with Crippen LogP contribution in [0.3, 0.4) is 0 Å². The number of nitrogens with two attached hydrogens (primary N) is 1.